The summed E-state index contributed by atoms with van der Waals surface area (Å²) in [6, 6.07) is 8.55. The van der Waals surface area contributed by atoms with Gasteiger partial charge in [0.2, 0.25) is 5.91 Å². The Kier molecular flexibility index (Phi) is 6.52. The van der Waals surface area contributed by atoms with Crippen molar-refractivity contribution in [2.45, 2.75) is 72.3 Å². The van der Waals surface area contributed by atoms with E-state index in [-0.39, 0.29) is 18.6 Å². The minimum absolute atomic E-state index is 0.155. The van der Waals surface area contributed by atoms with Crippen LogP contribution in [0, 0.1) is 10.8 Å². The van der Waals surface area contributed by atoms with Crippen LogP contribution in [-0.2, 0) is 16.1 Å². The molecule has 150 valence electrons. The summed E-state index contributed by atoms with van der Waals surface area (Å²) in [6.07, 6.45) is 0.155. The third-order valence-corrected chi connectivity index (χ3v) is 5.58. The molecule has 3 N–H and O–H groups in total. The van der Waals surface area contributed by atoms with Crippen molar-refractivity contribution in [1.82, 2.24) is 10.6 Å². The molecule has 1 atom stereocenters. The van der Waals surface area contributed by atoms with Gasteiger partial charge in [-0.2, -0.15) is 0 Å². The summed E-state index contributed by atoms with van der Waals surface area (Å²) >= 11 is 0. The number of nitrogens with one attached hydrogen (secondary N) is 2. The molecule has 0 saturated heterocycles. The van der Waals surface area contributed by atoms with Gasteiger partial charge in [-0.3, -0.25) is 4.79 Å². The normalized spacial score (nSPS) is 23.6. The summed E-state index contributed by atoms with van der Waals surface area (Å²) in [5.41, 5.74) is 0.0594. The molecule has 1 fully saturated rings. The summed E-state index contributed by atoms with van der Waals surface area (Å²) < 4.78 is 5.23. The Morgan fingerprint density at radius 1 is 1.15 bits per heavy atom. The van der Waals surface area contributed by atoms with Gasteiger partial charge in [0.1, 0.15) is 12.6 Å². The quantitative estimate of drug-likeness (QED) is 0.683. The van der Waals surface area contributed by atoms with Crippen LogP contribution in [0.3, 0.4) is 0 Å². The van der Waals surface area contributed by atoms with Gasteiger partial charge in [0, 0.05) is 16.9 Å². The lowest BCUT2D eigenvalue weighted by atomic mass is 9.49. The van der Waals surface area contributed by atoms with Crippen LogP contribution in [-0.4, -0.2) is 35.3 Å². The highest BCUT2D eigenvalue weighted by Gasteiger charge is 2.61. The van der Waals surface area contributed by atoms with E-state index in [0.717, 1.165) is 12.0 Å². The third kappa shape index (κ3) is 4.61. The first kappa shape index (κ1) is 21.2. The monoisotopic (exact) mass is 376 g/mol. The number of carbonyl (C=O) groups is 2. The zero-order valence-electron chi connectivity index (χ0n) is 16.9. The maximum atomic E-state index is 12.8. The molecule has 6 nitrogen and oxygen atoms in total. The molecule has 2 rings (SSSR count). The molecule has 0 unspecified atom stereocenters. The van der Waals surface area contributed by atoms with Crippen molar-refractivity contribution in [2.24, 2.45) is 10.8 Å². The molecule has 0 aromatic heterocycles. The van der Waals surface area contributed by atoms with Gasteiger partial charge in [-0.05, 0) is 12.0 Å². The zero-order valence-corrected chi connectivity index (χ0v) is 16.9. The standard InChI is InChI=1S/C21H32N2O4/c1-6-10-15(22-19(26)27-13-14-11-8-7-9-12-14)16(24)23-17-20(2,3)18(25)21(17,4)5/h7-9,11-12,15,17-18,25H,6,10,13H2,1-5H3,(H,22,26)(H,23,24)/t15-,17?,18?/m1/s1. The van der Waals surface area contributed by atoms with E-state index in [9.17, 15) is 14.7 Å². The fraction of sp³-hybridized carbons (Fsp3) is 0.619. The summed E-state index contributed by atoms with van der Waals surface area (Å²) in [6.45, 7) is 9.85. The molecular formula is C21H32N2O4. The number of rotatable bonds is 7. The number of carbonyl (C=O) groups excluding carboxylic acids is 2. The maximum Gasteiger partial charge on any atom is 0.408 e. The maximum absolute atomic E-state index is 12.8. The Bertz CT molecular complexity index is 641. The van der Waals surface area contributed by atoms with Crippen LogP contribution < -0.4 is 10.6 Å². The van der Waals surface area contributed by atoms with E-state index in [0.29, 0.717) is 6.42 Å². The molecule has 6 heteroatoms. The molecular weight excluding hydrogens is 344 g/mol. The van der Waals surface area contributed by atoms with Gasteiger partial charge in [-0.1, -0.05) is 71.4 Å². The molecule has 1 aliphatic carbocycles. The van der Waals surface area contributed by atoms with Crippen LogP contribution in [0.15, 0.2) is 30.3 Å². The van der Waals surface area contributed by atoms with E-state index in [2.05, 4.69) is 10.6 Å². The van der Waals surface area contributed by atoms with Crippen molar-refractivity contribution in [3.05, 3.63) is 35.9 Å². The second kappa shape index (κ2) is 8.30. The van der Waals surface area contributed by atoms with Crippen LogP contribution in [0.2, 0.25) is 0 Å². The van der Waals surface area contributed by atoms with Gasteiger partial charge >= 0.3 is 6.09 Å². The fourth-order valence-electron chi connectivity index (χ4n) is 4.22. The topological polar surface area (TPSA) is 87.7 Å². The smallest absolute Gasteiger partial charge is 0.408 e. The highest BCUT2D eigenvalue weighted by molar-refractivity contribution is 5.86. The minimum Gasteiger partial charge on any atom is -0.445 e. The number of hydrogen-bond donors (Lipinski definition) is 3. The largest absolute Gasteiger partial charge is 0.445 e. The Hall–Kier alpha value is -2.08. The Labute approximate surface area is 161 Å². The SMILES string of the molecule is CCC[C@@H](NC(=O)OCc1ccccc1)C(=O)NC1C(C)(C)C(O)C1(C)C. The molecule has 1 saturated carbocycles. The van der Waals surface area contributed by atoms with Crippen molar-refractivity contribution in [3.63, 3.8) is 0 Å². The summed E-state index contributed by atoms with van der Waals surface area (Å²) in [4.78, 5) is 24.9. The molecule has 1 aliphatic rings. The number of benzene rings is 1. The van der Waals surface area contributed by atoms with E-state index in [4.69, 9.17) is 4.74 Å². The summed E-state index contributed by atoms with van der Waals surface area (Å²) in [7, 11) is 0. The molecule has 27 heavy (non-hydrogen) atoms. The molecule has 0 bridgehead atoms. The molecule has 1 aromatic rings. The fourth-order valence-corrected chi connectivity index (χ4v) is 4.22. The molecule has 0 radical (unpaired) electrons. The average Bonchev–Trinajstić information content (AvgIpc) is 2.63. The first-order valence-corrected chi connectivity index (χ1v) is 9.56. The highest BCUT2D eigenvalue weighted by atomic mass is 16.5. The number of hydrogen-bond acceptors (Lipinski definition) is 4. The second-order valence-electron chi connectivity index (χ2n) is 8.53. The Morgan fingerprint density at radius 3 is 2.30 bits per heavy atom. The van der Waals surface area contributed by atoms with Crippen molar-refractivity contribution in [1.29, 1.82) is 0 Å². The average molecular weight is 376 g/mol. The number of amides is 2. The van der Waals surface area contributed by atoms with E-state index >= 15 is 0 Å². The molecule has 1 aromatic carbocycles. The Morgan fingerprint density at radius 2 is 1.74 bits per heavy atom. The Balaban J connectivity index is 1.93. The number of aliphatic hydroxyl groups excluding tert-OH is 1. The van der Waals surface area contributed by atoms with Crippen LogP contribution in [0.4, 0.5) is 4.79 Å². The van der Waals surface area contributed by atoms with E-state index in [1.165, 1.54) is 0 Å². The van der Waals surface area contributed by atoms with E-state index < -0.39 is 29.1 Å². The van der Waals surface area contributed by atoms with E-state index in [1.54, 1.807) is 0 Å². The molecule has 0 aliphatic heterocycles. The van der Waals surface area contributed by atoms with Gasteiger partial charge in [0.15, 0.2) is 0 Å². The molecule has 2 amide bonds. The van der Waals surface area contributed by atoms with Crippen LogP contribution in [0.25, 0.3) is 0 Å². The van der Waals surface area contributed by atoms with Gasteiger partial charge in [0.05, 0.1) is 6.10 Å². The van der Waals surface area contributed by atoms with Crippen LogP contribution >= 0.6 is 0 Å². The van der Waals surface area contributed by atoms with Crippen molar-refractivity contribution >= 4 is 12.0 Å². The van der Waals surface area contributed by atoms with Crippen molar-refractivity contribution in [2.75, 3.05) is 0 Å². The van der Waals surface area contributed by atoms with Gasteiger partial charge in [-0.25, -0.2) is 4.79 Å². The molecule has 0 spiro atoms. The predicted octanol–water partition coefficient (Wildman–Crippen LogP) is 2.99. The third-order valence-electron chi connectivity index (χ3n) is 5.58. The zero-order chi connectivity index (χ0) is 20.2. The van der Waals surface area contributed by atoms with Crippen molar-refractivity contribution < 1.29 is 19.4 Å². The lowest BCUT2D eigenvalue weighted by Crippen LogP contribution is -2.74. The van der Waals surface area contributed by atoms with Gasteiger partial charge < -0.3 is 20.5 Å². The van der Waals surface area contributed by atoms with Gasteiger partial charge in [-0.15, -0.1) is 0 Å². The highest BCUT2D eigenvalue weighted by Crippen LogP contribution is 2.53. The molecule has 0 heterocycles. The van der Waals surface area contributed by atoms with Crippen molar-refractivity contribution in [3.8, 4) is 0 Å². The number of aliphatic hydroxyl groups is 1. The minimum atomic E-state index is -0.664. The summed E-state index contributed by atoms with van der Waals surface area (Å²) in [5.74, 6) is -0.244. The first-order valence-electron chi connectivity index (χ1n) is 9.56. The number of alkyl carbamates (subject to hydrolysis) is 1. The van der Waals surface area contributed by atoms with Gasteiger partial charge in [0.25, 0.3) is 0 Å². The first-order chi connectivity index (χ1) is 12.6. The van der Waals surface area contributed by atoms with Crippen LogP contribution in [0.5, 0.6) is 0 Å². The van der Waals surface area contributed by atoms with Crippen LogP contribution in [0.1, 0.15) is 53.0 Å². The lowest BCUT2D eigenvalue weighted by molar-refractivity contribution is -0.186. The van der Waals surface area contributed by atoms with E-state index in [1.807, 2.05) is 65.0 Å². The number of ether oxygens (including phenoxy) is 1. The second-order valence-corrected chi connectivity index (χ2v) is 8.53. The predicted molar refractivity (Wildman–Crippen MR) is 104 cm³/mol. The summed E-state index contributed by atoms with van der Waals surface area (Å²) in [5, 5.41) is 16.0. The lowest BCUT2D eigenvalue weighted by Gasteiger charge is -2.61.